The molecule has 4 atom stereocenters. The molecule has 1 heterocycles. The van der Waals surface area contributed by atoms with Crippen molar-refractivity contribution in [2.75, 3.05) is 27.3 Å². The molecule has 84 valence electrons. The van der Waals surface area contributed by atoms with E-state index in [0.29, 0.717) is 6.04 Å². The highest BCUT2D eigenvalue weighted by Crippen LogP contribution is 2.18. The Morgan fingerprint density at radius 2 is 1.57 bits per heavy atom. The monoisotopic (exact) mass is 202 g/mol. The van der Waals surface area contributed by atoms with Crippen LogP contribution in [0.25, 0.3) is 0 Å². The summed E-state index contributed by atoms with van der Waals surface area (Å²) in [6, 6.07) is 0.566. The van der Waals surface area contributed by atoms with Gasteiger partial charge in [0.15, 0.2) is 0 Å². The van der Waals surface area contributed by atoms with E-state index >= 15 is 0 Å². The molecule has 2 N–H and O–H groups in total. The number of hydrogen-bond donors (Lipinski definition) is 1. The van der Waals surface area contributed by atoms with Gasteiger partial charge in [-0.05, 0) is 13.8 Å². The van der Waals surface area contributed by atoms with Crippen LogP contribution >= 0.6 is 0 Å². The van der Waals surface area contributed by atoms with Crippen LogP contribution in [-0.4, -0.2) is 56.5 Å². The lowest BCUT2D eigenvalue weighted by Gasteiger charge is -2.26. The molecule has 0 saturated carbocycles. The molecule has 14 heavy (non-hydrogen) atoms. The molecule has 0 radical (unpaired) electrons. The maximum atomic E-state index is 5.87. The van der Waals surface area contributed by atoms with E-state index in [-0.39, 0.29) is 18.2 Å². The summed E-state index contributed by atoms with van der Waals surface area (Å²) < 4.78 is 10.7. The Kier molecular flexibility index (Phi) is 4.31. The van der Waals surface area contributed by atoms with Gasteiger partial charge in [0.1, 0.15) is 0 Å². The maximum Gasteiger partial charge on any atom is 0.0971 e. The topological polar surface area (TPSA) is 47.7 Å². The molecule has 4 unspecified atom stereocenters. The van der Waals surface area contributed by atoms with E-state index in [1.165, 1.54) is 0 Å². The van der Waals surface area contributed by atoms with E-state index < -0.39 is 0 Å². The molecule has 1 rings (SSSR count). The van der Waals surface area contributed by atoms with Gasteiger partial charge >= 0.3 is 0 Å². The van der Waals surface area contributed by atoms with Crippen molar-refractivity contribution in [2.24, 2.45) is 5.73 Å². The van der Waals surface area contributed by atoms with Crippen LogP contribution in [0, 0.1) is 0 Å². The zero-order chi connectivity index (χ0) is 10.7. The molecule has 0 spiro atoms. The number of likely N-dealkylation sites (tertiary alicyclic amines) is 1. The van der Waals surface area contributed by atoms with Gasteiger partial charge in [0.05, 0.1) is 12.2 Å². The van der Waals surface area contributed by atoms with Crippen LogP contribution in [0.2, 0.25) is 0 Å². The minimum absolute atomic E-state index is 0.182. The molecule has 1 saturated heterocycles. The molecule has 1 aliphatic heterocycles. The number of methoxy groups -OCH3 is 2. The Morgan fingerprint density at radius 3 is 1.86 bits per heavy atom. The molecule has 1 fully saturated rings. The number of hydrogen-bond acceptors (Lipinski definition) is 4. The molecule has 0 aromatic carbocycles. The number of ether oxygens (including phenoxy) is 2. The predicted molar refractivity (Wildman–Crippen MR) is 56.3 cm³/mol. The molecular formula is C10H22N2O2. The van der Waals surface area contributed by atoms with Crippen molar-refractivity contribution in [1.29, 1.82) is 0 Å². The Morgan fingerprint density at radius 1 is 1.14 bits per heavy atom. The number of rotatable bonds is 4. The van der Waals surface area contributed by atoms with Gasteiger partial charge in [-0.3, -0.25) is 4.90 Å². The van der Waals surface area contributed by atoms with Gasteiger partial charge in [0, 0.05) is 39.4 Å². The van der Waals surface area contributed by atoms with Crippen LogP contribution in [0.5, 0.6) is 0 Å². The lowest BCUT2D eigenvalue weighted by molar-refractivity contribution is -0.00461. The second-order valence-electron chi connectivity index (χ2n) is 4.10. The minimum atomic E-state index is 0.182. The summed E-state index contributed by atoms with van der Waals surface area (Å²) in [7, 11) is 3.47. The summed E-state index contributed by atoms with van der Waals surface area (Å²) in [4.78, 5) is 2.33. The zero-order valence-corrected chi connectivity index (χ0v) is 9.56. The Balaban J connectivity index is 2.52. The summed E-state index contributed by atoms with van der Waals surface area (Å²) in [5, 5.41) is 0. The molecular weight excluding hydrogens is 180 g/mol. The van der Waals surface area contributed by atoms with Gasteiger partial charge in [-0.25, -0.2) is 0 Å². The standard InChI is InChI=1S/C10H22N2O2/c1-7(11)8(2)12-5-9(13-3)10(6-12)14-4/h7-10H,5-6,11H2,1-4H3. The zero-order valence-electron chi connectivity index (χ0n) is 9.56. The third-order valence-electron chi connectivity index (χ3n) is 3.19. The van der Waals surface area contributed by atoms with Crippen LogP contribution in [-0.2, 0) is 9.47 Å². The van der Waals surface area contributed by atoms with Gasteiger partial charge in [-0.1, -0.05) is 0 Å². The molecule has 4 nitrogen and oxygen atoms in total. The van der Waals surface area contributed by atoms with E-state index in [1.807, 2.05) is 6.92 Å². The first kappa shape index (κ1) is 11.9. The second kappa shape index (κ2) is 5.07. The molecule has 0 amide bonds. The molecule has 0 aromatic rings. The smallest absolute Gasteiger partial charge is 0.0971 e. The molecule has 1 aliphatic rings. The van der Waals surface area contributed by atoms with Crippen LogP contribution in [0.4, 0.5) is 0 Å². The summed E-state index contributed by atoms with van der Waals surface area (Å²) in [5.74, 6) is 0. The fourth-order valence-corrected chi connectivity index (χ4v) is 1.89. The van der Waals surface area contributed by atoms with E-state index in [0.717, 1.165) is 13.1 Å². The summed E-state index contributed by atoms with van der Waals surface area (Å²) in [5.41, 5.74) is 5.87. The summed E-state index contributed by atoms with van der Waals surface area (Å²) >= 11 is 0. The first-order chi connectivity index (χ1) is 6.60. The molecule has 4 heteroatoms. The van der Waals surface area contributed by atoms with Crippen molar-refractivity contribution in [3.63, 3.8) is 0 Å². The van der Waals surface area contributed by atoms with Gasteiger partial charge in [-0.2, -0.15) is 0 Å². The van der Waals surface area contributed by atoms with Gasteiger partial charge in [0.2, 0.25) is 0 Å². The molecule has 0 aliphatic carbocycles. The highest BCUT2D eigenvalue weighted by molar-refractivity contribution is 4.90. The Hall–Kier alpha value is -0.160. The van der Waals surface area contributed by atoms with Crippen molar-refractivity contribution < 1.29 is 9.47 Å². The Bertz CT molecular complexity index is 164. The van der Waals surface area contributed by atoms with Crippen LogP contribution < -0.4 is 5.73 Å². The average Bonchev–Trinajstić information content (AvgIpc) is 2.59. The Labute approximate surface area is 86.3 Å². The first-order valence-corrected chi connectivity index (χ1v) is 5.15. The average molecular weight is 202 g/mol. The summed E-state index contributed by atoms with van der Waals surface area (Å²) in [6.45, 7) is 6.01. The third-order valence-corrected chi connectivity index (χ3v) is 3.19. The van der Waals surface area contributed by atoms with E-state index in [2.05, 4.69) is 11.8 Å². The molecule has 0 bridgehead atoms. The van der Waals surface area contributed by atoms with Gasteiger partial charge in [-0.15, -0.1) is 0 Å². The van der Waals surface area contributed by atoms with E-state index in [4.69, 9.17) is 15.2 Å². The van der Waals surface area contributed by atoms with E-state index in [9.17, 15) is 0 Å². The maximum absolute atomic E-state index is 5.87. The van der Waals surface area contributed by atoms with Gasteiger partial charge < -0.3 is 15.2 Å². The van der Waals surface area contributed by atoms with E-state index in [1.54, 1.807) is 14.2 Å². The third kappa shape index (κ3) is 2.45. The van der Waals surface area contributed by atoms with Crippen LogP contribution in [0.3, 0.4) is 0 Å². The van der Waals surface area contributed by atoms with Crippen molar-refractivity contribution >= 4 is 0 Å². The quantitative estimate of drug-likeness (QED) is 0.701. The largest absolute Gasteiger partial charge is 0.377 e. The minimum Gasteiger partial charge on any atom is -0.377 e. The molecule has 0 aromatic heterocycles. The first-order valence-electron chi connectivity index (χ1n) is 5.15. The van der Waals surface area contributed by atoms with Crippen molar-refractivity contribution in [3.8, 4) is 0 Å². The number of nitrogens with zero attached hydrogens (tertiary/aromatic N) is 1. The van der Waals surface area contributed by atoms with Crippen molar-refractivity contribution in [2.45, 2.75) is 38.1 Å². The van der Waals surface area contributed by atoms with Crippen LogP contribution in [0.15, 0.2) is 0 Å². The highest BCUT2D eigenvalue weighted by atomic mass is 16.5. The van der Waals surface area contributed by atoms with Gasteiger partial charge in [0.25, 0.3) is 0 Å². The van der Waals surface area contributed by atoms with Crippen molar-refractivity contribution in [3.05, 3.63) is 0 Å². The fourth-order valence-electron chi connectivity index (χ4n) is 1.89. The van der Waals surface area contributed by atoms with Crippen molar-refractivity contribution in [1.82, 2.24) is 4.90 Å². The van der Waals surface area contributed by atoms with Crippen LogP contribution in [0.1, 0.15) is 13.8 Å². The number of nitrogens with two attached hydrogens (primary N) is 1. The highest BCUT2D eigenvalue weighted by Gasteiger charge is 2.35. The normalized spacial score (nSPS) is 33.2. The summed E-state index contributed by atoms with van der Waals surface area (Å²) in [6.07, 6.45) is 0.363. The second-order valence-corrected chi connectivity index (χ2v) is 4.10. The lowest BCUT2D eigenvalue weighted by Crippen LogP contribution is -2.43. The SMILES string of the molecule is COC1CN(C(C)C(C)N)CC1OC. The lowest BCUT2D eigenvalue weighted by atomic mass is 10.1. The fraction of sp³-hybridized carbons (Fsp3) is 1.00. The predicted octanol–water partition coefficient (Wildman–Crippen LogP) is 0.0677.